The van der Waals surface area contributed by atoms with E-state index in [-0.39, 0.29) is 23.1 Å². The van der Waals surface area contributed by atoms with Crippen LogP contribution in [0, 0.1) is 10.1 Å². The van der Waals surface area contributed by atoms with Gasteiger partial charge < -0.3 is 9.84 Å². The summed E-state index contributed by atoms with van der Waals surface area (Å²) in [5.74, 6) is 0.504. The van der Waals surface area contributed by atoms with Crippen LogP contribution in [0.3, 0.4) is 0 Å². The van der Waals surface area contributed by atoms with Gasteiger partial charge in [-0.2, -0.15) is 0 Å². The average Bonchev–Trinajstić information content (AvgIpc) is 2.42. The molecule has 0 aliphatic rings. The second-order valence-corrected chi connectivity index (χ2v) is 5.18. The maximum atomic E-state index is 11.0. The summed E-state index contributed by atoms with van der Waals surface area (Å²) in [6.07, 6.45) is 0. The number of aliphatic hydroxyl groups excluding tert-OH is 1. The van der Waals surface area contributed by atoms with Gasteiger partial charge in [0.1, 0.15) is 5.75 Å². The lowest BCUT2D eigenvalue weighted by Crippen LogP contribution is -1.94. The van der Waals surface area contributed by atoms with E-state index in [0.717, 1.165) is 0 Å². The molecule has 104 valence electrons. The first-order chi connectivity index (χ1) is 9.51. The van der Waals surface area contributed by atoms with Crippen molar-refractivity contribution in [1.82, 2.24) is 0 Å². The molecule has 0 saturated heterocycles. The lowest BCUT2D eigenvalue weighted by atomic mass is 10.2. The number of rotatable bonds is 4. The summed E-state index contributed by atoms with van der Waals surface area (Å²) in [6, 6.07) is 9.15. The number of hydrogen-bond acceptors (Lipinski definition) is 4. The molecule has 0 heterocycles. The normalized spacial score (nSPS) is 10.3. The van der Waals surface area contributed by atoms with E-state index in [0.29, 0.717) is 15.8 Å². The number of ether oxygens (including phenoxy) is 1. The number of halogens is 2. The topological polar surface area (TPSA) is 72.6 Å². The molecule has 0 unspecified atom stereocenters. The molecule has 20 heavy (non-hydrogen) atoms. The molecular weight excluding hydrogens is 350 g/mol. The molecule has 0 amide bonds. The first-order valence-corrected chi connectivity index (χ1v) is 6.69. The van der Waals surface area contributed by atoms with E-state index in [1.54, 1.807) is 18.2 Å². The SMILES string of the molecule is O=[N+]([O-])c1cc(Cl)ccc1Oc1ccc(CO)cc1Br. The van der Waals surface area contributed by atoms with Gasteiger partial charge in [-0.05, 0) is 45.8 Å². The molecule has 0 saturated carbocycles. The van der Waals surface area contributed by atoms with Crippen LogP contribution in [0.15, 0.2) is 40.9 Å². The van der Waals surface area contributed by atoms with Gasteiger partial charge in [0.15, 0.2) is 0 Å². The van der Waals surface area contributed by atoms with Crippen molar-refractivity contribution in [1.29, 1.82) is 0 Å². The van der Waals surface area contributed by atoms with Gasteiger partial charge in [0.25, 0.3) is 0 Å². The predicted octanol–water partition coefficient (Wildman–Crippen LogP) is 4.30. The molecule has 2 rings (SSSR count). The average molecular weight is 359 g/mol. The molecule has 0 aromatic heterocycles. The number of aliphatic hydroxyl groups is 1. The van der Waals surface area contributed by atoms with Crippen LogP contribution in [-0.2, 0) is 6.61 Å². The second kappa shape index (κ2) is 6.21. The summed E-state index contributed by atoms with van der Waals surface area (Å²) in [6.45, 7) is -0.0972. The maximum Gasteiger partial charge on any atom is 0.313 e. The summed E-state index contributed by atoms with van der Waals surface area (Å²) in [5.41, 5.74) is 0.491. The fraction of sp³-hybridized carbons (Fsp3) is 0.0769. The first kappa shape index (κ1) is 14.8. The molecule has 2 aromatic carbocycles. The fourth-order valence-electron chi connectivity index (χ4n) is 1.56. The highest BCUT2D eigenvalue weighted by Crippen LogP contribution is 2.36. The minimum Gasteiger partial charge on any atom is -0.449 e. The standard InChI is InChI=1S/C13H9BrClNO4/c14-10-5-8(7-17)1-3-12(10)20-13-4-2-9(15)6-11(13)16(18)19/h1-6,17H,7H2. The highest BCUT2D eigenvalue weighted by atomic mass is 79.9. The third kappa shape index (κ3) is 3.27. The molecular formula is C13H9BrClNO4. The van der Waals surface area contributed by atoms with Crippen molar-refractivity contribution in [2.45, 2.75) is 6.61 Å². The fourth-order valence-corrected chi connectivity index (χ4v) is 2.24. The first-order valence-electron chi connectivity index (χ1n) is 5.52. The highest BCUT2D eigenvalue weighted by Gasteiger charge is 2.17. The molecule has 0 aliphatic heterocycles. The van der Waals surface area contributed by atoms with E-state index in [9.17, 15) is 10.1 Å². The van der Waals surface area contributed by atoms with E-state index in [1.165, 1.54) is 18.2 Å². The molecule has 0 aliphatic carbocycles. The Labute approximate surface area is 128 Å². The van der Waals surface area contributed by atoms with E-state index in [4.69, 9.17) is 21.4 Å². The zero-order valence-electron chi connectivity index (χ0n) is 10.0. The van der Waals surface area contributed by atoms with Gasteiger partial charge in [0.2, 0.25) is 5.75 Å². The Morgan fingerprint density at radius 1 is 1.25 bits per heavy atom. The molecule has 0 radical (unpaired) electrons. The molecule has 2 aromatic rings. The van der Waals surface area contributed by atoms with Crippen molar-refractivity contribution >= 4 is 33.2 Å². The summed E-state index contributed by atoms with van der Waals surface area (Å²) in [7, 11) is 0. The van der Waals surface area contributed by atoms with Crippen LogP contribution in [0.1, 0.15) is 5.56 Å². The van der Waals surface area contributed by atoms with Crippen molar-refractivity contribution in [3.05, 3.63) is 61.6 Å². The maximum absolute atomic E-state index is 11.0. The summed E-state index contributed by atoms with van der Waals surface area (Å²) < 4.78 is 6.12. The molecule has 0 atom stereocenters. The number of nitro groups is 1. The quantitative estimate of drug-likeness (QED) is 0.653. The van der Waals surface area contributed by atoms with Gasteiger partial charge in [0, 0.05) is 11.1 Å². The molecule has 5 nitrogen and oxygen atoms in total. The van der Waals surface area contributed by atoms with Crippen molar-refractivity contribution < 1.29 is 14.8 Å². The Bertz CT molecular complexity index is 663. The number of nitro benzene ring substituents is 1. The molecule has 1 N–H and O–H groups in total. The van der Waals surface area contributed by atoms with Crippen LogP contribution in [0.2, 0.25) is 5.02 Å². The third-order valence-electron chi connectivity index (χ3n) is 2.52. The minimum atomic E-state index is -0.558. The van der Waals surface area contributed by atoms with Gasteiger partial charge in [0.05, 0.1) is 16.0 Å². The summed E-state index contributed by atoms with van der Waals surface area (Å²) in [4.78, 5) is 10.4. The van der Waals surface area contributed by atoms with Gasteiger partial charge >= 0.3 is 5.69 Å². The summed E-state index contributed by atoms with van der Waals surface area (Å²) >= 11 is 9.03. The second-order valence-electron chi connectivity index (χ2n) is 3.89. The molecule has 0 fully saturated rings. The Kier molecular flexibility index (Phi) is 4.59. The van der Waals surface area contributed by atoms with Crippen molar-refractivity contribution in [3.8, 4) is 11.5 Å². The highest BCUT2D eigenvalue weighted by molar-refractivity contribution is 9.10. The van der Waals surface area contributed by atoms with E-state index < -0.39 is 4.92 Å². The Hall–Kier alpha value is -1.63. The minimum absolute atomic E-state index is 0.0943. The smallest absolute Gasteiger partial charge is 0.313 e. The third-order valence-corrected chi connectivity index (χ3v) is 3.37. The van der Waals surface area contributed by atoms with Crippen LogP contribution < -0.4 is 4.74 Å². The molecule has 0 spiro atoms. The van der Waals surface area contributed by atoms with Gasteiger partial charge in [-0.1, -0.05) is 17.7 Å². The van der Waals surface area contributed by atoms with Crippen LogP contribution >= 0.6 is 27.5 Å². The van der Waals surface area contributed by atoms with Crippen LogP contribution in [0.4, 0.5) is 5.69 Å². The molecule has 0 bridgehead atoms. The predicted molar refractivity (Wildman–Crippen MR) is 78.2 cm³/mol. The Morgan fingerprint density at radius 3 is 2.55 bits per heavy atom. The van der Waals surface area contributed by atoms with Gasteiger partial charge in [-0.25, -0.2) is 0 Å². The van der Waals surface area contributed by atoms with Crippen LogP contribution in [0.25, 0.3) is 0 Å². The monoisotopic (exact) mass is 357 g/mol. The largest absolute Gasteiger partial charge is 0.449 e. The van der Waals surface area contributed by atoms with Crippen LogP contribution in [-0.4, -0.2) is 10.0 Å². The number of benzene rings is 2. The molecule has 7 heteroatoms. The van der Waals surface area contributed by atoms with E-state index in [2.05, 4.69) is 15.9 Å². The number of nitrogens with zero attached hydrogens (tertiary/aromatic N) is 1. The Morgan fingerprint density at radius 2 is 1.95 bits per heavy atom. The number of hydrogen-bond donors (Lipinski definition) is 1. The van der Waals surface area contributed by atoms with Crippen molar-refractivity contribution in [3.63, 3.8) is 0 Å². The van der Waals surface area contributed by atoms with Crippen LogP contribution in [0.5, 0.6) is 11.5 Å². The summed E-state index contributed by atoms with van der Waals surface area (Å²) in [5, 5.41) is 20.3. The van der Waals surface area contributed by atoms with Crippen molar-refractivity contribution in [2.75, 3.05) is 0 Å². The van der Waals surface area contributed by atoms with Gasteiger partial charge in [-0.15, -0.1) is 0 Å². The van der Waals surface area contributed by atoms with E-state index >= 15 is 0 Å². The zero-order chi connectivity index (χ0) is 14.7. The Balaban J connectivity index is 2.37. The van der Waals surface area contributed by atoms with E-state index in [1.807, 2.05) is 0 Å². The lowest BCUT2D eigenvalue weighted by molar-refractivity contribution is -0.385. The zero-order valence-corrected chi connectivity index (χ0v) is 12.4. The lowest BCUT2D eigenvalue weighted by Gasteiger charge is -2.09. The van der Waals surface area contributed by atoms with Gasteiger partial charge in [-0.3, -0.25) is 10.1 Å². The van der Waals surface area contributed by atoms with Crippen molar-refractivity contribution in [2.24, 2.45) is 0 Å².